The van der Waals surface area contributed by atoms with Gasteiger partial charge in [0, 0.05) is 0 Å². The highest BCUT2D eigenvalue weighted by Crippen LogP contribution is 2.51. The Bertz CT molecular complexity index is 331. The zero-order chi connectivity index (χ0) is 18.0. The van der Waals surface area contributed by atoms with Crippen molar-refractivity contribution < 1.29 is 0 Å². The van der Waals surface area contributed by atoms with Crippen LogP contribution in [0.1, 0.15) is 112 Å². The van der Waals surface area contributed by atoms with Gasteiger partial charge in [0.1, 0.15) is 0 Å². The average molecular weight is 335 g/mol. The Balaban J connectivity index is 2.62. The molecule has 0 aromatic rings. The molecule has 142 valence electrons. The van der Waals surface area contributed by atoms with Crippen molar-refractivity contribution in [3.05, 3.63) is 12.7 Å². The molecule has 0 heteroatoms. The molecule has 0 aromatic heterocycles. The highest BCUT2D eigenvalue weighted by Gasteiger charge is 2.42. The third kappa shape index (κ3) is 6.23. The molecule has 0 heterocycles. The number of unbranched alkanes of at least 4 members (excludes halogenated alkanes) is 3. The Kier molecular flexibility index (Phi) is 10.3. The van der Waals surface area contributed by atoms with Crippen LogP contribution in [0.5, 0.6) is 0 Å². The van der Waals surface area contributed by atoms with Crippen molar-refractivity contribution in [1.82, 2.24) is 0 Å². The van der Waals surface area contributed by atoms with Gasteiger partial charge in [-0.3, -0.25) is 0 Å². The van der Waals surface area contributed by atoms with Crippen molar-refractivity contribution >= 4 is 0 Å². The maximum Gasteiger partial charge on any atom is -0.0300 e. The summed E-state index contributed by atoms with van der Waals surface area (Å²) in [4.78, 5) is 0. The van der Waals surface area contributed by atoms with E-state index < -0.39 is 0 Å². The first-order chi connectivity index (χ1) is 11.5. The number of hydrogen-bond donors (Lipinski definition) is 0. The molecule has 0 nitrogen and oxygen atoms in total. The molecule has 0 aliphatic heterocycles. The summed E-state index contributed by atoms with van der Waals surface area (Å²) in [6.07, 6.45) is 19.0. The van der Waals surface area contributed by atoms with E-state index >= 15 is 0 Å². The van der Waals surface area contributed by atoms with E-state index in [2.05, 4.69) is 47.3 Å². The highest BCUT2D eigenvalue weighted by atomic mass is 14.5. The maximum absolute atomic E-state index is 4.03. The van der Waals surface area contributed by atoms with Gasteiger partial charge in [-0.05, 0) is 61.2 Å². The molecular formula is C24H46. The van der Waals surface area contributed by atoms with Gasteiger partial charge in [-0.1, -0.05) is 85.6 Å². The van der Waals surface area contributed by atoms with Crippen molar-refractivity contribution in [3.8, 4) is 0 Å². The Morgan fingerprint density at radius 3 is 2.25 bits per heavy atom. The molecule has 1 saturated carbocycles. The molecular weight excluding hydrogens is 288 g/mol. The fourth-order valence-electron chi connectivity index (χ4n) is 5.19. The van der Waals surface area contributed by atoms with Crippen LogP contribution < -0.4 is 0 Å². The van der Waals surface area contributed by atoms with E-state index in [1.807, 2.05) is 0 Å². The van der Waals surface area contributed by atoms with Gasteiger partial charge in [0.05, 0.1) is 0 Å². The van der Waals surface area contributed by atoms with Crippen LogP contribution in [0.4, 0.5) is 0 Å². The summed E-state index contributed by atoms with van der Waals surface area (Å²) in [6.45, 7) is 16.2. The molecule has 0 amide bonds. The lowest BCUT2D eigenvalue weighted by Gasteiger charge is -2.48. The molecule has 1 aliphatic rings. The van der Waals surface area contributed by atoms with Crippen molar-refractivity contribution in [3.63, 3.8) is 0 Å². The third-order valence-corrected chi connectivity index (χ3v) is 7.21. The first-order valence-electron chi connectivity index (χ1n) is 11.1. The minimum Gasteiger partial charge on any atom is -0.103 e. The molecule has 1 aliphatic carbocycles. The molecule has 0 bridgehead atoms. The number of rotatable bonds is 14. The van der Waals surface area contributed by atoms with E-state index in [4.69, 9.17) is 0 Å². The van der Waals surface area contributed by atoms with E-state index in [1.165, 1.54) is 77.0 Å². The van der Waals surface area contributed by atoms with E-state index in [0.717, 1.165) is 23.7 Å². The van der Waals surface area contributed by atoms with Crippen LogP contribution in [0.2, 0.25) is 0 Å². The largest absolute Gasteiger partial charge is 0.103 e. The predicted molar refractivity (Wildman–Crippen MR) is 110 cm³/mol. The molecule has 0 radical (unpaired) electrons. The summed E-state index contributed by atoms with van der Waals surface area (Å²) < 4.78 is 0. The normalized spacial score (nSPS) is 27.3. The van der Waals surface area contributed by atoms with E-state index in [1.54, 1.807) is 0 Å². The van der Waals surface area contributed by atoms with Gasteiger partial charge in [-0.15, -0.1) is 6.58 Å². The third-order valence-electron chi connectivity index (χ3n) is 7.21. The van der Waals surface area contributed by atoms with Crippen LogP contribution >= 0.6 is 0 Å². The van der Waals surface area contributed by atoms with Crippen LogP contribution in [0, 0.1) is 29.1 Å². The van der Waals surface area contributed by atoms with Crippen LogP contribution in [0.15, 0.2) is 12.7 Å². The fraction of sp³-hybridized carbons (Fsp3) is 0.917. The van der Waals surface area contributed by atoms with E-state index in [9.17, 15) is 0 Å². The molecule has 5 atom stereocenters. The lowest BCUT2D eigenvalue weighted by molar-refractivity contribution is 0.0202. The lowest BCUT2D eigenvalue weighted by Crippen LogP contribution is -2.39. The standard InChI is InChI=1S/C24H46/c1-7-11-13-17-24(6,16-12-8-2)20(5)18-22-19-21(14-9-3)23(22)15-10-4/h10,20-23H,4,7-9,11-19H2,1-3,5-6H3. The van der Waals surface area contributed by atoms with Gasteiger partial charge in [0.2, 0.25) is 0 Å². The maximum atomic E-state index is 4.03. The van der Waals surface area contributed by atoms with Crippen LogP contribution in [-0.4, -0.2) is 0 Å². The molecule has 1 rings (SSSR count). The van der Waals surface area contributed by atoms with Gasteiger partial charge < -0.3 is 0 Å². The van der Waals surface area contributed by atoms with Gasteiger partial charge in [0.15, 0.2) is 0 Å². The smallest absolute Gasteiger partial charge is 0.0300 e. The Morgan fingerprint density at radius 1 is 1.00 bits per heavy atom. The topological polar surface area (TPSA) is 0 Å². The monoisotopic (exact) mass is 334 g/mol. The fourth-order valence-corrected chi connectivity index (χ4v) is 5.19. The molecule has 1 fully saturated rings. The number of hydrogen-bond acceptors (Lipinski definition) is 0. The predicted octanol–water partition coefficient (Wildman–Crippen LogP) is 8.42. The first kappa shape index (κ1) is 21.8. The highest BCUT2D eigenvalue weighted by molar-refractivity contribution is 4.94. The lowest BCUT2D eigenvalue weighted by atomic mass is 9.57. The number of allylic oxidation sites excluding steroid dienone is 1. The summed E-state index contributed by atoms with van der Waals surface area (Å²) in [7, 11) is 0. The van der Waals surface area contributed by atoms with Crippen LogP contribution in [-0.2, 0) is 0 Å². The van der Waals surface area contributed by atoms with Gasteiger partial charge in [-0.2, -0.15) is 0 Å². The molecule has 5 unspecified atom stereocenters. The summed E-state index contributed by atoms with van der Waals surface area (Å²) >= 11 is 0. The van der Waals surface area contributed by atoms with E-state index in [-0.39, 0.29) is 0 Å². The van der Waals surface area contributed by atoms with Crippen molar-refractivity contribution in [2.24, 2.45) is 29.1 Å². The van der Waals surface area contributed by atoms with Crippen LogP contribution in [0.3, 0.4) is 0 Å². The van der Waals surface area contributed by atoms with E-state index in [0.29, 0.717) is 5.41 Å². The summed E-state index contributed by atoms with van der Waals surface area (Å²) in [5, 5.41) is 0. The Hall–Kier alpha value is -0.260. The average Bonchev–Trinajstić information content (AvgIpc) is 2.57. The first-order valence-corrected chi connectivity index (χ1v) is 11.1. The van der Waals surface area contributed by atoms with Gasteiger partial charge in [0.25, 0.3) is 0 Å². The van der Waals surface area contributed by atoms with Crippen molar-refractivity contribution in [2.45, 2.75) is 112 Å². The minimum atomic E-state index is 0.569. The zero-order valence-corrected chi connectivity index (χ0v) is 17.6. The second-order valence-corrected chi connectivity index (χ2v) is 9.08. The van der Waals surface area contributed by atoms with Crippen molar-refractivity contribution in [2.75, 3.05) is 0 Å². The molecule has 0 spiro atoms. The van der Waals surface area contributed by atoms with Crippen LogP contribution in [0.25, 0.3) is 0 Å². The Morgan fingerprint density at radius 2 is 1.67 bits per heavy atom. The minimum absolute atomic E-state index is 0.569. The summed E-state index contributed by atoms with van der Waals surface area (Å²) in [5.74, 6) is 3.78. The molecule has 0 saturated heterocycles. The summed E-state index contributed by atoms with van der Waals surface area (Å²) in [5.41, 5.74) is 0.569. The molecule has 24 heavy (non-hydrogen) atoms. The SMILES string of the molecule is C=CCC1C(CCC)CC1CC(C)C(C)(CCCC)CCCCC. The second kappa shape index (κ2) is 11.4. The second-order valence-electron chi connectivity index (χ2n) is 9.08. The molecule has 0 N–H and O–H groups in total. The van der Waals surface area contributed by atoms with Gasteiger partial charge >= 0.3 is 0 Å². The Labute approximate surface area is 153 Å². The molecule has 0 aromatic carbocycles. The zero-order valence-electron chi connectivity index (χ0n) is 17.6. The van der Waals surface area contributed by atoms with Gasteiger partial charge in [-0.25, -0.2) is 0 Å². The quantitative estimate of drug-likeness (QED) is 0.221. The summed E-state index contributed by atoms with van der Waals surface area (Å²) in [6, 6.07) is 0. The van der Waals surface area contributed by atoms with Crippen molar-refractivity contribution in [1.29, 1.82) is 0 Å².